The van der Waals surface area contributed by atoms with E-state index in [0.29, 0.717) is 28.2 Å². The number of anilines is 1. The number of nitrogens with one attached hydrogen (secondary N) is 3. The summed E-state index contributed by atoms with van der Waals surface area (Å²) in [5, 5.41) is 19.9. The molecule has 0 amide bonds. The van der Waals surface area contributed by atoms with Crippen LogP contribution in [0.2, 0.25) is 0 Å². The van der Waals surface area contributed by atoms with Crippen LogP contribution in [-0.2, 0) is 4.74 Å². The monoisotopic (exact) mass is 423 g/mol. The normalized spacial score (nSPS) is 16.1. The zero-order chi connectivity index (χ0) is 21.4. The standard InChI is InChI=1S/C22H22FN5O3/c23-15-8-4-7-14-18(15)19(27-28-20(14)29)12-9-10-16-17(11-12)25-21(24-16)26-22(30)31-13-5-2-1-3-6-13/h4,7-11,13,22,30H,1-3,5-6H2,(H,28,29)(H2,24,25,26). The molecule has 2 aromatic carbocycles. The Bertz CT molecular complexity index is 1300. The van der Waals surface area contributed by atoms with Crippen LogP contribution in [0.25, 0.3) is 33.1 Å². The summed E-state index contributed by atoms with van der Waals surface area (Å²) in [6.45, 7) is 0. The van der Waals surface area contributed by atoms with Gasteiger partial charge in [-0.15, -0.1) is 0 Å². The van der Waals surface area contributed by atoms with Gasteiger partial charge >= 0.3 is 0 Å². The van der Waals surface area contributed by atoms with Gasteiger partial charge in [-0.1, -0.05) is 31.4 Å². The van der Waals surface area contributed by atoms with Crippen LogP contribution in [0.5, 0.6) is 0 Å². The third kappa shape index (κ3) is 3.89. The van der Waals surface area contributed by atoms with Crippen molar-refractivity contribution < 1.29 is 14.2 Å². The molecule has 4 aromatic rings. The number of rotatable bonds is 5. The molecule has 0 spiro atoms. The number of aliphatic hydroxyl groups is 1. The van der Waals surface area contributed by atoms with Gasteiger partial charge in [0.05, 0.1) is 27.9 Å². The molecule has 1 fully saturated rings. The maximum Gasteiger partial charge on any atom is 0.272 e. The Balaban J connectivity index is 1.43. The van der Waals surface area contributed by atoms with Gasteiger partial charge in [-0.3, -0.25) is 4.79 Å². The van der Waals surface area contributed by atoms with E-state index in [2.05, 4.69) is 25.5 Å². The molecule has 0 bridgehead atoms. The molecule has 31 heavy (non-hydrogen) atoms. The second kappa shape index (κ2) is 8.09. The number of nitrogens with zero attached hydrogens (tertiary/aromatic N) is 2. The molecule has 1 aliphatic rings. The van der Waals surface area contributed by atoms with E-state index in [4.69, 9.17) is 4.74 Å². The van der Waals surface area contributed by atoms with Gasteiger partial charge in [0.2, 0.25) is 12.4 Å². The number of halogens is 1. The van der Waals surface area contributed by atoms with E-state index >= 15 is 0 Å². The van der Waals surface area contributed by atoms with Crippen molar-refractivity contribution in [2.24, 2.45) is 0 Å². The molecule has 4 N–H and O–H groups in total. The molecule has 1 saturated carbocycles. The maximum absolute atomic E-state index is 14.5. The Morgan fingerprint density at radius 1 is 1.19 bits per heavy atom. The van der Waals surface area contributed by atoms with E-state index in [0.717, 1.165) is 25.7 Å². The second-order valence-electron chi connectivity index (χ2n) is 7.77. The lowest BCUT2D eigenvalue weighted by Crippen LogP contribution is -2.30. The van der Waals surface area contributed by atoms with Gasteiger partial charge < -0.3 is 20.1 Å². The van der Waals surface area contributed by atoms with Crippen molar-refractivity contribution in [3.8, 4) is 11.3 Å². The van der Waals surface area contributed by atoms with Crippen LogP contribution in [0.1, 0.15) is 32.1 Å². The number of hydrogen-bond acceptors (Lipinski definition) is 6. The zero-order valence-electron chi connectivity index (χ0n) is 16.7. The Labute approximate surface area is 176 Å². The van der Waals surface area contributed by atoms with Crippen LogP contribution in [0, 0.1) is 5.82 Å². The third-order valence-corrected chi connectivity index (χ3v) is 5.65. The largest absolute Gasteiger partial charge is 0.351 e. The number of benzene rings is 2. The number of H-pyrrole nitrogens is 2. The molecule has 1 aliphatic carbocycles. The summed E-state index contributed by atoms with van der Waals surface area (Å²) in [5.74, 6) is -0.151. The minimum Gasteiger partial charge on any atom is -0.351 e. The molecular formula is C22H22FN5O3. The molecule has 0 saturated heterocycles. The van der Waals surface area contributed by atoms with Gasteiger partial charge in [0.25, 0.3) is 5.56 Å². The molecular weight excluding hydrogens is 401 g/mol. The highest BCUT2D eigenvalue weighted by Gasteiger charge is 2.19. The summed E-state index contributed by atoms with van der Waals surface area (Å²) >= 11 is 0. The van der Waals surface area contributed by atoms with E-state index < -0.39 is 17.8 Å². The molecule has 1 unspecified atom stereocenters. The maximum atomic E-state index is 14.5. The first kappa shape index (κ1) is 19.7. The van der Waals surface area contributed by atoms with Crippen LogP contribution in [0.3, 0.4) is 0 Å². The van der Waals surface area contributed by atoms with Gasteiger partial charge in [0.1, 0.15) is 11.5 Å². The number of hydrogen-bond donors (Lipinski definition) is 4. The van der Waals surface area contributed by atoms with Crippen molar-refractivity contribution >= 4 is 27.8 Å². The Kier molecular flexibility index (Phi) is 5.13. The zero-order valence-corrected chi connectivity index (χ0v) is 16.7. The SMILES string of the molecule is O=c1[nH]nc(-c2ccc3nc(NC(O)OC4CCCCC4)[nH]c3c2)c2c(F)cccc12. The molecule has 1 atom stereocenters. The lowest BCUT2D eigenvalue weighted by atomic mass is 9.98. The van der Waals surface area contributed by atoms with Gasteiger partial charge in [0.15, 0.2) is 0 Å². The van der Waals surface area contributed by atoms with Crippen molar-refractivity contribution in [2.75, 3.05) is 5.32 Å². The first-order valence-corrected chi connectivity index (χ1v) is 10.4. The van der Waals surface area contributed by atoms with Crippen molar-refractivity contribution in [2.45, 2.75) is 44.6 Å². The average molecular weight is 423 g/mol. The molecule has 9 heteroatoms. The number of imidazole rings is 1. The molecule has 2 heterocycles. The van der Waals surface area contributed by atoms with E-state index in [1.165, 1.54) is 18.6 Å². The van der Waals surface area contributed by atoms with Crippen LogP contribution < -0.4 is 10.9 Å². The summed E-state index contributed by atoms with van der Waals surface area (Å²) in [6.07, 6.45) is 4.19. The van der Waals surface area contributed by atoms with E-state index in [9.17, 15) is 14.3 Å². The molecule has 160 valence electrons. The van der Waals surface area contributed by atoms with Crippen LogP contribution in [0.15, 0.2) is 41.2 Å². The fourth-order valence-corrected chi connectivity index (χ4v) is 4.15. The Hall–Kier alpha value is -3.30. The summed E-state index contributed by atoms with van der Waals surface area (Å²) in [5.41, 5.74) is 1.83. The van der Waals surface area contributed by atoms with Crippen LogP contribution >= 0.6 is 0 Å². The predicted molar refractivity (Wildman–Crippen MR) is 115 cm³/mol. The highest BCUT2D eigenvalue weighted by Crippen LogP contribution is 2.29. The minimum absolute atomic E-state index is 0.0433. The van der Waals surface area contributed by atoms with Gasteiger partial charge in [-0.2, -0.15) is 5.10 Å². The first-order chi connectivity index (χ1) is 15.1. The number of fused-ring (bicyclic) bond motifs is 2. The van der Waals surface area contributed by atoms with E-state index in [1.54, 1.807) is 24.3 Å². The predicted octanol–water partition coefficient (Wildman–Crippen LogP) is 3.64. The van der Waals surface area contributed by atoms with E-state index in [1.807, 2.05) is 0 Å². The summed E-state index contributed by atoms with van der Waals surface area (Å²) < 4.78 is 20.2. The number of aromatic nitrogens is 4. The number of ether oxygens (including phenoxy) is 1. The molecule has 2 aromatic heterocycles. The van der Waals surface area contributed by atoms with Gasteiger partial charge in [-0.25, -0.2) is 14.5 Å². The van der Waals surface area contributed by atoms with E-state index in [-0.39, 0.29) is 16.9 Å². The number of aliphatic hydroxyl groups excluding tert-OH is 1. The average Bonchev–Trinajstić information content (AvgIpc) is 3.16. The van der Waals surface area contributed by atoms with Crippen LogP contribution in [-0.4, -0.2) is 37.8 Å². The van der Waals surface area contributed by atoms with Crippen molar-refractivity contribution in [3.63, 3.8) is 0 Å². The highest BCUT2D eigenvalue weighted by molar-refractivity contribution is 5.96. The lowest BCUT2D eigenvalue weighted by molar-refractivity contribution is -0.126. The minimum atomic E-state index is -1.16. The topological polar surface area (TPSA) is 116 Å². The summed E-state index contributed by atoms with van der Waals surface area (Å²) in [7, 11) is 0. The van der Waals surface area contributed by atoms with Crippen molar-refractivity contribution in [1.82, 2.24) is 20.2 Å². The van der Waals surface area contributed by atoms with Gasteiger partial charge in [0, 0.05) is 5.56 Å². The smallest absolute Gasteiger partial charge is 0.272 e. The fraction of sp³-hybridized carbons (Fsp3) is 0.318. The Morgan fingerprint density at radius 3 is 2.87 bits per heavy atom. The highest BCUT2D eigenvalue weighted by atomic mass is 19.1. The lowest BCUT2D eigenvalue weighted by Gasteiger charge is -2.24. The summed E-state index contributed by atoms with van der Waals surface area (Å²) in [6, 6.07) is 9.65. The molecule has 5 rings (SSSR count). The number of aromatic amines is 2. The van der Waals surface area contributed by atoms with Crippen LogP contribution in [0.4, 0.5) is 10.3 Å². The second-order valence-corrected chi connectivity index (χ2v) is 7.77. The van der Waals surface area contributed by atoms with Crippen molar-refractivity contribution in [3.05, 3.63) is 52.6 Å². The molecule has 0 radical (unpaired) electrons. The molecule has 8 nitrogen and oxygen atoms in total. The van der Waals surface area contributed by atoms with Gasteiger partial charge in [-0.05, 0) is 37.1 Å². The first-order valence-electron chi connectivity index (χ1n) is 10.4. The summed E-state index contributed by atoms with van der Waals surface area (Å²) in [4.78, 5) is 19.5. The fourth-order valence-electron chi connectivity index (χ4n) is 4.15. The molecule has 0 aliphatic heterocycles. The quantitative estimate of drug-likeness (QED) is 0.364. The van der Waals surface area contributed by atoms with Crippen molar-refractivity contribution in [1.29, 1.82) is 0 Å². The Morgan fingerprint density at radius 2 is 2.03 bits per heavy atom. The third-order valence-electron chi connectivity index (χ3n) is 5.65.